The van der Waals surface area contributed by atoms with E-state index in [-0.39, 0.29) is 6.04 Å². The summed E-state index contributed by atoms with van der Waals surface area (Å²) in [6.45, 7) is 2.28. The zero-order valence-corrected chi connectivity index (χ0v) is 11.5. The second kappa shape index (κ2) is 5.40. The highest BCUT2D eigenvalue weighted by atomic mass is 35.5. The second-order valence-corrected chi connectivity index (χ2v) is 5.62. The lowest BCUT2D eigenvalue weighted by atomic mass is 9.77. The van der Waals surface area contributed by atoms with E-state index in [1.165, 1.54) is 32.1 Å². The van der Waals surface area contributed by atoms with Gasteiger partial charge in [0.15, 0.2) is 0 Å². The fourth-order valence-electron chi connectivity index (χ4n) is 2.97. The van der Waals surface area contributed by atoms with Crippen LogP contribution in [0.1, 0.15) is 50.8 Å². The number of aromatic nitrogens is 2. The first kappa shape index (κ1) is 12.9. The third kappa shape index (κ3) is 2.66. The minimum atomic E-state index is 0.0350. The third-order valence-corrected chi connectivity index (χ3v) is 4.52. The van der Waals surface area contributed by atoms with Gasteiger partial charge < -0.3 is 5.73 Å². The molecule has 0 bridgehead atoms. The van der Waals surface area contributed by atoms with Gasteiger partial charge in [-0.05, 0) is 24.7 Å². The first-order chi connectivity index (χ1) is 8.13. The van der Waals surface area contributed by atoms with Crippen molar-refractivity contribution in [2.24, 2.45) is 24.6 Å². The molecule has 1 aromatic rings. The molecule has 3 nitrogen and oxygen atoms in total. The number of hydrogen-bond donors (Lipinski definition) is 1. The van der Waals surface area contributed by atoms with Gasteiger partial charge >= 0.3 is 0 Å². The van der Waals surface area contributed by atoms with Gasteiger partial charge in [0.25, 0.3) is 0 Å². The molecule has 4 heteroatoms. The molecule has 2 N–H and O–H groups in total. The van der Waals surface area contributed by atoms with Crippen LogP contribution in [0.4, 0.5) is 0 Å². The summed E-state index contributed by atoms with van der Waals surface area (Å²) in [7, 11) is 1.92. The van der Waals surface area contributed by atoms with E-state index in [2.05, 4.69) is 12.0 Å². The fourth-order valence-corrected chi connectivity index (χ4v) is 3.27. The molecule has 1 saturated carbocycles. The van der Waals surface area contributed by atoms with Crippen LogP contribution in [0.2, 0.25) is 5.02 Å². The van der Waals surface area contributed by atoms with Gasteiger partial charge in [0.2, 0.25) is 0 Å². The number of aryl methyl sites for hydroxylation is 1. The van der Waals surface area contributed by atoms with Crippen LogP contribution in [0.25, 0.3) is 0 Å². The largest absolute Gasteiger partial charge is 0.322 e. The van der Waals surface area contributed by atoms with Crippen molar-refractivity contribution in [1.82, 2.24) is 9.78 Å². The normalized spacial score (nSPS) is 27.1. The summed E-state index contributed by atoms with van der Waals surface area (Å²) in [4.78, 5) is 0. The maximum Gasteiger partial charge on any atom is 0.0834 e. The summed E-state index contributed by atoms with van der Waals surface area (Å²) < 4.78 is 1.82. The number of rotatable bonds is 3. The Morgan fingerprint density at radius 3 is 2.59 bits per heavy atom. The molecular formula is C13H22ClN3. The number of halogens is 1. The summed E-state index contributed by atoms with van der Waals surface area (Å²) in [6.07, 6.45) is 8.06. The van der Waals surface area contributed by atoms with Gasteiger partial charge in [0.05, 0.1) is 23.0 Å². The molecule has 0 radical (unpaired) electrons. The number of nitrogens with two attached hydrogens (primary N) is 1. The van der Waals surface area contributed by atoms with E-state index in [9.17, 15) is 0 Å². The number of hydrogen-bond acceptors (Lipinski definition) is 2. The van der Waals surface area contributed by atoms with Gasteiger partial charge in [-0.2, -0.15) is 5.10 Å². The highest BCUT2D eigenvalue weighted by Gasteiger charge is 2.28. The van der Waals surface area contributed by atoms with Gasteiger partial charge in [0.1, 0.15) is 0 Å². The summed E-state index contributed by atoms with van der Waals surface area (Å²) >= 11 is 6.15. The molecule has 1 unspecified atom stereocenters. The molecule has 1 fully saturated rings. The maximum atomic E-state index is 6.36. The van der Waals surface area contributed by atoms with Crippen molar-refractivity contribution in [3.8, 4) is 0 Å². The van der Waals surface area contributed by atoms with E-state index in [1.54, 1.807) is 6.20 Å². The van der Waals surface area contributed by atoms with Gasteiger partial charge in [-0.1, -0.05) is 37.8 Å². The van der Waals surface area contributed by atoms with Crippen molar-refractivity contribution in [2.75, 3.05) is 0 Å². The van der Waals surface area contributed by atoms with E-state index in [0.717, 1.165) is 11.6 Å². The monoisotopic (exact) mass is 255 g/mol. The van der Waals surface area contributed by atoms with Gasteiger partial charge in [-0.3, -0.25) is 4.68 Å². The fraction of sp³-hybridized carbons (Fsp3) is 0.769. The average Bonchev–Trinajstić information content (AvgIpc) is 2.68. The predicted octanol–water partition coefficient (Wildman–Crippen LogP) is 3.29. The molecular weight excluding hydrogens is 234 g/mol. The Bertz CT molecular complexity index is 347. The molecule has 2 rings (SSSR count). The molecule has 1 heterocycles. The van der Waals surface area contributed by atoms with Crippen molar-refractivity contribution in [3.63, 3.8) is 0 Å². The van der Waals surface area contributed by atoms with Gasteiger partial charge in [0, 0.05) is 7.05 Å². The Balaban J connectivity index is 2.04. The van der Waals surface area contributed by atoms with E-state index in [1.807, 2.05) is 11.7 Å². The first-order valence-electron chi connectivity index (χ1n) is 6.56. The standard InChI is InChI=1S/C13H22ClN3/c1-3-9-4-6-10(7-5-9)12(15)13-11(14)8-16-17(13)2/h8-10,12H,3-7,15H2,1-2H3. The predicted molar refractivity (Wildman–Crippen MR) is 70.9 cm³/mol. The van der Waals surface area contributed by atoms with Crippen molar-refractivity contribution in [1.29, 1.82) is 0 Å². The Labute approximate surface area is 108 Å². The summed E-state index contributed by atoms with van der Waals surface area (Å²) in [5, 5.41) is 4.87. The lowest BCUT2D eigenvalue weighted by Gasteiger charge is -2.31. The molecule has 0 aliphatic heterocycles. The smallest absolute Gasteiger partial charge is 0.0834 e. The molecule has 17 heavy (non-hydrogen) atoms. The molecule has 1 aromatic heterocycles. The Morgan fingerprint density at radius 1 is 1.47 bits per heavy atom. The molecule has 1 aliphatic rings. The van der Waals surface area contributed by atoms with Crippen molar-refractivity contribution >= 4 is 11.6 Å². The van der Waals surface area contributed by atoms with Crippen LogP contribution in [0.5, 0.6) is 0 Å². The van der Waals surface area contributed by atoms with E-state index in [0.29, 0.717) is 10.9 Å². The van der Waals surface area contributed by atoms with Crippen LogP contribution in [-0.2, 0) is 7.05 Å². The SMILES string of the molecule is CCC1CCC(C(N)c2c(Cl)cnn2C)CC1. The molecule has 1 atom stereocenters. The van der Waals surface area contributed by atoms with E-state index in [4.69, 9.17) is 17.3 Å². The zero-order chi connectivity index (χ0) is 12.4. The van der Waals surface area contributed by atoms with Crippen LogP contribution in [-0.4, -0.2) is 9.78 Å². The minimum absolute atomic E-state index is 0.0350. The molecule has 0 spiro atoms. The quantitative estimate of drug-likeness (QED) is 0.901. The molecule has 0 amide bonds. The Morgan fingerprint density at radius 2 is 2.12 bits per heavy atom. The Kier molecular flexibility index (Phi) is 4.10. The molecule has 96 valence electrons. The van der Waals surface area contributed by atoms with Crippen LogP contribution in [0.15, 0.2) is 6.20 Å². The van der Waals surface area contributed by atoms with Crippen LogP contribution >= 0.6 is 11.6 Å². The number of nitrogens with zero attached hydrogens (tertiary/aromatic N) is 2. The second-order valence-electron chi connectivity index (χ2n) is 5.22. The highest BCUT2D eigenvalue weighted by Crippen LogP contribution is 2.38. The van der Waals surface area contributed by atoms with E-state index >= 15 is 0 Å². The molecule has 1 aliphatic carbocycles. The topological polar surface area (TPSA) is 43.8 Å². The zero-order valence-electron chi connectivity index (χ0n) is 10.7. The van der Waals surface area contributed by atoms with Gasteiger partial charge in [-0.25, -0.2) is 0 Å². The Hall–Kier alpha value is -0.540. The lowest BCUT2D eigenvalue weighted by molar-refractivity contribution is 0.235. The summed E-state index contributed by atoms with van der Waals surface area (Å²) in [5.74, 6) is 1.46. The lowest BCUT2D eigenvalue weighted by Crippen LogP contribution is -2.27. The first-order valence-corrected chi connectivity index (χ1v) is 6.94. The molecule has 0 aromatic carbocycles. The van der Waals surface area contributed by atoms with Crippen molar-refractivity contribution in [2.45, 2.75) is 45.1 Å². The van der Waals surface area contributed by atoms with Gasteiger partial charge in [-0.15, -0.1) is 0 Å². The molecule has 0 saturated heterocycles. The third-order valence-electron chi connectivity index (χ3n) is 4.23. The summed E-state index contributed by atoms with van der Waals surface area (Å²) in [6, 6.07) is 0.0350. The average molecular weight is 256 g/mol. The minimum Gasteiger partial charge on any atom is -0.322 e. The van der Waals surface area contributed by atoms with Crippen LogP contribution < -0.4 is 5.73 Å². The van der Waals surface area contributed by atoms with Crippen molar-refractivity contribution < 1.29 is 0 Å². The van der Waals surface area contributed by atoms with Crippen LogP contribution in [0.3, 0.4) is 0 Å². The highest BCUT2D eigenvalue weighted by molar-refractivity contribution is 6.31. The van der Waals surface area contributed by atoms with Crippen LogP contribution in [0, 0.1) is 11.8 Å². The maximum absolute atomic E-state index is 6.36. The van der Waals surface area contributed by atoms with E-state index < -0.39 is 0 Å². The summed E-state index contributed by atoms with van der Waals surface area (Å²) in [5.41, 5.74) is 7.35. The van der Waals surface area contributed by atoms with Crippen molar-refractivity contribution in [3.05, 3.63) is 16.9 Å².